The topological polar surface area (TPSA) is 200 Å². The molecule has 0 aromatic carbocycles. The maximum Gasteiger partial charge on any atom is 0.326 e. The second kappa shape index (κ2) is 15.2. The summed E-state index contributed by atoms with van der Waals surface area (Å²) >= 11 is 0. The molecular weight excluding hydrogens is 446 g/mol. The summed E-state index contributed by atoms with van der Waals surface area (Å²) in [6, 6.07) is -4.58. The van der Waals surface area contributed by atoms with Gasteiger partial charge in [-0.3, -0.25) is 19.2 Å². The summed E-state index contributed by atoms with van der Waals surface area (Å²) in [6.07, 6.45) is 0.543. The Hall–Kier alpha value is -2.73. The van der Waals surface area contributed by atoms with Crippen LogP contribution in [-0.2, 0) is 24.0 Å². The predicted octanol–water partition coefficient (Wildman–Crippen LogP) is -1.29. The summed E-state index contributed by atoms with van der Waals surface area (Å²) in [4.78, 5) is 61.4. The van der Waals surface area contributed by atoms with Gasteiger partial charge in [0.25, 0.3) is 0 Å². The van der Waals surface area contributed by atoms with E-state index in [1.165, 1.54) is 0 Å². The lowest BCUT2D eigenvalue weighted by molar-refractivity contribution is -0.143. The second-order valence-electron chi connectivity index (χ2n) is 9.46. The molecule has 12 nitrogen and oxygen atoms in total. The average molecular weight is 488 g/mol. The van der Waals surface area contributed by atoms with Gasteiger partial charge in [0.2, 0.25) is 23.6 Å². The molecule has 0 radical (unpaired) electrons. The van der Waals surface area contributed by atoms with Crippen molar-refractivity contribution in [3.8, 4) is 0 Å². The number of hydrogen-bond acceptors (Lipinski definition) is 7. The number of rotatable bonds is 15. The SMILES string of the molecule is CC(C)C[C@H](NC(=O)CN)C(=O)N[C@@H](CC(C)C)C(=O)N[C@@H](CO)C(=O)N[C@H](C(=O)O)C(C)C. The number of amides is 4. The summed E-state index contributed by atoms with van der Waals surface area (Å²) in [6.45, 7) is 9.58. The number of nitrogens with one attached hydrogen (secondary N) is 4. The van der Waals surface area contributed by atoms with Crippen LogP contribution >= 0.6 is 0 Å². The number of aliphatic hydroxyl groups excluding tert-OH is 1. The fourth-order valence-electron chi connectivity index (χ4n) is 3.17. The first-order valence-corrected chi connectivity index (χ1v) is 11.5. The predicted molar refractivity (Wildman–Crippen MR) is 125 cm³/mol. The molecule has 4 atom stereocenters. The molecule has 0 fully saturated rings. The van der Waals surface area contributed by atoms with Crippen LogP contribution in [0.4, 0.5) is 0 Å². The molecule has 0 aromatic heterocycles. The second-order valence-corrected chi connectivity index (χ2v) is 9.46. The number of aliphatic carboxylic acids is 1. The number of carboxylic acids is 1. The lowest BCUT2D eigenvalue weighted by Gasteiger charge is -2.27. The zero-order chi connectivity index (χ0) is 26.6. The third-order valence-corrected chi connectivity index (χ3v) is 4.93. The molecule has 0 bridgehead atoms. The Morgan fingerprint density at radius 3 is 1.47 bits per heavy atom. The normalized spacial score (nSPS) is 14.8. The minimum Gasteiger partial charge on any atom is -0.480 e. The van der Waals surface area contributed by atoms with Gasteiger partial charge in [0.1, 0.15) is 24.2 Å². The number of carbonyl (C=O) groups is 5. The zero-order valence-electron chi connectivity index (χ0n) is 20.9. The van der Waals surface area contributed by atoms with Gasteiger partial charge in [-0.15, -0.1) is 0 Å². The Bertz CT molecular complexity index is 712. The highest BCUT2D eigenvalue weighted by atomic mass is 16.4. The van der Waals surface area contributed by atoms with Crippen LogP contribution in [0.15, 0.2) is 0 Å². The van der Waals surface area contributed by atoms with Gasteiger partial charge in [-0.2, -0.15) is 0 Å². The molecule has 0 aliphatic carbocycles. The smallest absolute Gasteiger partial charge is 0.326 e. The maximum atomic E-state index is 12.9. The average Bonchev–Trinajstić information content (AvgIpc) is 2.72. The lowest BCUT2D eigenvalue weighted by Crippen LogP contribution is -2.59. The monoisotopic (exact) mass is 487 g/mol. The molecule has 0 aliphatic heterocycles. The van der Waals surface area contributed by atoms with E-state index in [0.717, 1.165) is 0 Å². The highest BCUT2D eigenvalue weighted by Gasteiger charge is 2.32. The largest absolute Gasteiger partial charge is 0.480 e. The molecule has 0 aliphatic rings. The molecule has 4 amide bonds. The van der Waals surface area contributed by atoms with E-state index in [9.17, 15) is 34.2 Å². The van der Waals surface area contributed by atoms with Crippen molar-refractivity contribution in [1.29, 1.82) is 0 Å². The molecule has 0 saturated carbocycles. The van der Waals surface area contributed by atoms with E-state index >= 15 is 0 Å². The van der Waals surface area contributed by atoms with E-state index in [1.807, 2.05) is 27.7 Å². The highest BCUT2D eigenvalue weighted by molar-refractivity contribution is 5.95. The van der Waals surface area contributed by atoms with Crippen molar-refractivity contribution in [2.75, 3.05) is 13.2 Å². The molecule has 12 heteroatoms. The van der Waals surface area contributed by atoms with E-state index in [0.29, 0.717) is 6.42 Å². The molecule has 0 spiro atoms. The molecule has 0 aromatic rings. The van der Waals surface area contributed by atoms with Gasteiger partial charge in [0.15, 0.2) is 0 Å². The Morgan fingerprint density at radius 1 is 0.706 bits per heavy atom. The molecule has 34 heavy (non-hydrogen) atoms. The molecule has 0 heterocycles. The van der Waals surface area contributed by atoms with Crippen molar-refractivity contribution in [1.82, 2.24) is 21.3 Å². The summed E-state index contributed by atoms with van der Waals surface area (Å²) in [7, 11) is 0. The number of carboxylic acid groups (broad SMARTS) is 1. The molecule has 0 rings (SSSR count). The fourth-order valence-corrected chi connectivity index (χ4v) is 3.17. The summed E-state index contributed by atoms with van der Waals surface area (Å²) in [5, 5.41) is 28.7. The quantitative estimate of drug-likeness (QED) is 0.148. The van der Waals surface area contributed by atoms with Gasteiger partial charge in [0, 0.05) is 0 Å². The van der Waals surface area contributed by atoms with Crippen LogP contribution in [0, 0.1) is 17.8 Å². The number of aliphatic hydroxyl groups is 1. The van der Waals surface area contributed by atoms with Crippen molar-refractivity contribution >= 4 is 29.6 Å². The van der Waals surface area contributed by atoms with E-state index in [4.69, 9.17) is 5.73 Å². The van der Waals surface area contributed by atoms with Crippen molar-refractivity contribution in [2.45, 2.75) is 78.6 Å². The Labute approximate surface area is 200 Å². The van der Waals surface area contributed by atoms with E-state index in [1.54, 1.807) is 13.8 Å². The van der Waals surface area contributed by atoms with Crippen LogP contribution in [0.3, 0.4) is 0 Å². The van der Waals surface area contributed by atoms with E-state index in [-0.39, 0.29) is 24.8 Å². The fraction of sp³-hybridized carbons (Fsp3) is 0.773. The van der Waals surface area contributed by atoms with Crippen molar-refractivity contribution < 1.29 is 34.2 Å². The maximum absolute atomic E-state index is 12.9. The standard InChI is InChI=1S/C22H41N5O7/c1-11(2)7-14(24-17(29)9-23)19(30)25-15(8-12(3)4)20(31)26-16(10-28)21(32)27-18(13(5)6)22(33)34/h11-16,18,28H,7-10,23H2,1-6H3,(H,24,29)(H,25,30)(H,26,31)(H,27,32)(H,33,34)/t14-,15-,16-,18-/m0/s1. The molecule has 0 unspecified atom stereocenters. The summed E-state index contributed by atoms with van der Waals surface area (Å²) in [5.41, 5.74) is 5.33. The lowest BCUT2D eigenvalue weighted by atomic mass is 9.99. The minimum absolute atomic E-state index is 0.0167. The van der Waals surface area contributed by atoms with Crippen molar-refractivity contribution in [3.63, 3.8) is 0 Å². The van der Waals surface area contributed by atoms with Crippen LogP contribution in [0.25, 0.3) is 0 Å². The number of hydrogen-bond donors (Lipinski definition) is 7. The first kappa shape index (κ1) is 31.3. The van der Waals surface area contributed by atoms with Crippen LogP contribution in [-0.4, -0.2) is 77.1 Å². The zero-order valence-corrected chi connectivity index (χ0v) is 20.9. The Balaban J connectivity index is 5.51. The van der Waals surface area contributed by atoms with Crippen LogP contribution in [0.1, 0.15) is 54.4 Å². The third kappa shape index (κ3) is 11.4. The van der Waals surface area contributed by atoms with Gasteiger partial charge >= 0.3 is 5.97 Å². The number of nitrogens with two attached hydrogens (primary N) is 1. The molecule has 196 valence electrons. The summed E-state index contributed by atoms with van der Waals surface area (Å²) in [5.74, 6) is -4.29. The van der Waals surface area contributed by atoms with Gasteiger partial charge in [-0.25, -0.2) is 4.79 Å². The van der Waals surface area contributed by atoms with Crippen LogP contribution < -0.4 is 27.0 Å². The Morgan fingerprint density at radius 2 is 1.12 bits per heavy atom. The van der Waals surface area contributed by atoms with Crippen molar-refractivity contribution in [3.05, 3.63) is 0 Å². The first-order chi connectivity index (χ1) is 15.7. The van der Waals surface area contributed by atoms with Crippen LogP contribution in [0.2, 0.25) is 0 Å². The summed E-state index contributed by atoms with van der Waals surface area (Å²) < 4.78 is 0. The van der Waals surface area contributed by atoms with E-state index in [2.05, 4.69) is 21.3 Å². The first-order valence-electron chi connectivity index (χ1n) is 11.5. The van der Waals surface area contributed by atoms with Gasteiger partial charge in [0.05, 0.1) is 13.2 Å². The molecule has 8 N–H and O–H groups in total. The van der Waals surface area contributed by atoms with Gasteiger partial charge < -0.3 is 37.2 Å². The third-order valence-electron chi connectivity index (χ3n) is 4.93. The van der Waals surface area contributed by atoms with Gasteiger partial charge in [-0.05, 0) is 30.6 Å². The molecule has 0 saturated heterocycles. The highest BCUT2D eigenvalue weighted by Crippen LogP contribution is 2.09. The number of carbonyl (C=O) groups excluding carboxylic acids is 4. The Kier molecular flexibility index (Phi) is 14.0. The van der Waals surface area contributed by atoms with Crippen LogP contribution in [0.5, 0.6) is 0 Å². The molecular formula is C22H41N5O7. The van der Waals surface area contributed by atoms with Gasteiger partial charge in [-0.1, -0.05) is 41.5 Å². The van der Waals surface area contributed by atoms with E-state index < -0.39 is 66.3 Å². The van der Waals surface area contributed by atoms with Crippen molar-refractivity contribution in [2.24, 2.45) is 23.5 Å². The minimum atomic E-state index is -1.41.